The van der Waals surface area contributed by atoms with Crippen LogP contribution in [0.5, 0.6) is 5.88 Å². The van der Waals surface area contributed by atoms with E-state index in [9.17, 15) is 27.9 Å². The topological polar surface area (TPSA) is 76.5 Å². The predicted octanol–water partition coefficient (Wildman–Crippen LogP) is 2.86. The number of rotatable bonds is 3. The molecule has 1 aliphatic rings. The highest BCUT2D eigenvalue weighted by Gasteiger charge is 2.36. The molecular formula is C14H12F3NO4. The number of hydrogen-bond acceptors (Lipinski definition) is 5. The first-order valence-electron chi connectivity index (χ1n) is 6.38. The van der Waals surface area contributed by atoms with Crippen molar-refractivity contribution in [3.8, 4) is 5.88 Å². The lowest BCUT2D eigenvalue weighted by Gasteiger charge is -2.15. The number of ketones is 2. The number of hydrogen-bond donors (Lipinski definition) is 1. The van der Waals surface area contributed by atoms with E-state index in [0.29, 0.717) is 12.5 Å². The lowest BCUT2D eigenvalue weighted by Crippen LogP contribution is -2.21. The third-order valence-electron chi connectivity index (χ3n) is 3.20. The molecule has 0 saturated heterocycles. The van der Waals surface area contributed by atoms with E-state index >= 15 is 0 Å². The fourth-order valence-corrected chi connectivity index (χ4v) is 2.15. The number of Topliss-reactive ketones (excluding diaryl/α,β-unsaturated/α-hetero) is 2. The van der Waals surface area contributed by atoms with Crippen LogP contribution in [0, 0.1) is 0 Å². The average molecular weight is 315 g/mol. The Balaban J connectivity index is 2.46. The molecule has 1 N–H and O–H groups in total. The molecule has 0 aliphatic heterocycles. The van der Waals surface area contributed by atoms with Crippen molar-refractivity contribution in [1.82, 2.24) is 4.98 Å². The van der Waals surface area contributed by atoms with E-state index in [0.717, 1.165) is 13.2 Å². The van der Waals surface area contributed by atoms with E-state index in [4.69, 9.17) is 0 Å². The molecule has 0 amide bonds. The van der Waals surface area contributed by atoms with Crippen LogP contribution in [-0.4, -0.2) is 28.8 Å². The minimum Gasteiger partial charge on any atom is -0.511 e. The first-order valence-corrected chi connectivity index (χ1v) is 6.38. The molecule has 118 valence electrons. The summed E-state index contributed by atoms with van der Waals surface area (Å²) >= 11 is 0. The maximum Gasteiger partial charge on any atom is 0.421 e. The van der Waals surface area contributed by atoms with Crippen molar-refractivity contribution in [3.63, 3.8) is 0 Å². The van der Waals surface area contributed by atoms with E-state index < -0.39 is 34.8 Å². The standard InChI is InChI=1S/C14H12F3NO4/c1-22-13-7(14(15,16)17)5-6-8(18-13)12(21)11-9(19)3-2-4-10(11)20/h5-6,19H,2-4H2,1H3. The summed E-state index contributed by atoms with van der Waals surface area (Å²) in [5, 5.41) is 9.68. The predicted molar refractivity (Wildman–Crippen MR) is 68.6 cm³/mol. The summed E-state index contributed by atoms with van der Waals surface area (Å²) in [5.74, 6) is -2.58. The van der Waals surface area contributed by atoms with Crippen molar-refractivity contribution in [1.29, 1.82) is 0 Å². The molecule has 0 saturated carbocycles. The minimum atomic E-state index is -4.68. The Bertz CT molecular complexity index is 665. The number of ether oxygens (including phenoxy) is 1. The van der Waals surface area contributed by atoms with Crippen molar-refractivity contribution >= 4 is 11.6 Å². The molecule has 1 aromatic rings. The fraction of sp³-hybridized carbons (Fsp3) is 0.357. The molecule has 22 heavy (non-hydrogen) atoms. The average Bonchev–Trinajstić information content (AvgIpc) is 2.45. The number of aliphatic hydroxyl groups is 1. The van der Waals surface area contributed by atoms with Gasteiger partial charge in [0, 0.05) is 12.8 Å². The number of nitrogens with zero attached hydrogens (tertiary/aromatic N) is 1. The van der Waals surface area contributed by atoms with E-state index in [1.807, 2.05) is 0 Å². The number of carbonyl (C=O) groups excluding carboxylic acids is 2. The highest BCUT2D eigenvalue weighted by Crippen LogP contribution is 2.35. The fourth-order valence-electron chi connectivity index (χ4n) is 2.15. The highest BCUT2D eigenvalue weighted by molar-refractivity contribution is 6.26. The van der Waals surface area contributed by atoms with Crippen LogP contribution in [-0.2, 0) is 11.0 Å². The van der Waals surface area contributed by atoms with Gasteiger partial charge in [0.25, 0.3) is 0 Å². The minimum absolute atomic E-state index is 0.100. The number of methoxy groups -OCH3 is 1. The van der Waals surface area contributed by atoms with Gasteiger partial charge >= 0.3 is 6.18 Å². The quantitative estimate of drug-likeness (QED) is 0.685. The van der Waals surface area contributed by atoms with Crippen LogP contribution >= 0.6 is 0 Å². The number of aromatic nitrogens is 1. The molecule has 2 rings (SSSR count). The van der Waals surface area contributed by atoms with E-state index in [2.05, 4.69) is 9.72 Å². The molecule has 1 aliphatic carbocycles. The SMILES string of the molecule is COc1nc(C(=O)C2=C(O)CCCC2=O)ccc1C(F)(F)F. The summed E-state index contributed by atoms with van der Waals surface area (Å²) in [6, 6.07) is 1.51. The van der Waals surface area contributed by atoms with Gasteiger partial charge in [-0.05, 0) is 18.6 Å². The highest BCUT2D eigenvalue weighted by atomic mass is 19.4. The zero-order valence-corrected chi connectivity index (χ0v) is 11.5. The van der Waals surface area contributed by atoms with Crippen molar-refractivity contribution in [2.75, 3.05) is 7.11 Å². The molecular weight excluding hydrogens is 303 g/mol. The Morgan fingerprint density at radius 3 is 2.55 bits per heavy atom. The third-order valence-corrected chi connectivity index (χ3v) is 3.20. The van der Waals surface area contributed by atoms with Crippen molar-refractivity contribution in [2.24, 2.45) is 0 Å². The molecule has 8 heteroatoms. The van der Waals surface area contributed by atoms with E-state index in [1.54, 1.807) is 0 Å². The monoisotopic (exact) mass is 315 g/mol. The van der Waals surface area contributed by atoms with E-state index in [-0.39, 0.29) is 24.3 Å². The third kappa shape index (κ3) is 2.95. The molecule has 5 nitrogen and oxygen atoms in total. The lowest BCUT2D eigenvalue weighted by molar-refractivity contribution is -0.139. The van der Waals surface area contributed by atoms with Gasteiger partial charge in [0.05, 0.1) is 7.11 Å². The maximum atomic E-state index is 12.7. The Labute approximate surface area is 123 Å². The zero-order valence-electron chi connectivity index (χ0n) is 11.5. The van der Waals surface area contributed by atoms with Gasteiger partial charge in [-0.3, -0.25) is 9.59 Å². The Morgan fingerprint density at radius 2 is 2.00 bits per heavy atom. The van der Waals surface area contributed by atoms with Crippen LogP contribution in [0.3, 0.4) is 0 Å². The Morgan fingerprint density at radius 1 is 1.32 bits per heavy atom. The van der Waals surface area contributed by atoms with Crippen LogP contribution in [0.15, 0.2) is 23.5 Å². The summed E-state index contributed by atoms with van der Waals surface area (Å²) in [6.45, 7) is 0. The van der Waals surface area contributed by atoms with Crippen LogP contribution in [0.2, 0.25) is 0 Å². The van der Waals surface area contributed by atoms with Crippen molar-refractivity contribution in [3.05, 3.63) is 34.7 Å². The second kappa shape index (κ2) is 5.78. The number of alkyl halides is 3. The molecule has 1 heterocycles. The molecule has 0 radical (unpaired) electrons. The van der Waals surface area contributed by atoms with Gasteiger partial charge in [-0.2, -0.15) is 13.2 Å². The summed E-state index contributed by atoms with van der Waals surface area (Å²) in [7, 11) is 0.994. The Kier molecular flexibility index (Phi) is 4.20. The van der Waals surface area contributed by atoms with Gasteiger partial charge in [0.2, 0.25) is 11.7 Å². The summed E-state index contributed by atoms with van der Waals surface area (Å²) in [6.07, 6.45) is -3.99. The van der Waals surface area contributed by atoms with Crippen LogP contribution in [0.25, 0.3) is 0 Å². The van der Waals surface area contributed by atoms with Crippen LogP contribution in [0.4, 0.5) is 13.2 Å². The van der Waals surface area contributed by atoms with Gasteiger partial charge in [-0.15, -0.1) is 0 Å². The summed E-state index contributed by atoms with van der Waals surface area (Å²) in [5.41, 5.74) is -1.93. The first-order chi connectivity index (χ1) is 10.3. The number of allylic oxidation sites excluding steroid dienone is 2. The molecule has 0 bridgehead atoms. The smallest absolute Gasteiger partial charge is 0.421 e. The van der Waals surface area contributed by atoms with Crippen molar-refractivity contribution in [2.45, 2.75) is 25.4 Å². The van der Waals surface area contributed by atoms with Gasteiger partial charge < -0.3 is 9.84 Å². The molecule has 0 unspecified atom stereocenters. The second-order valence-corrected chi connectivity index (χ2v) is 4.68. The molecule has 0 fully saturated rings. The summed E-state index contributed by atoms with van der Waals surface area (Å²) in [4.78, 5) is 27.4. The summed E-state index contributed by atoms with van der Waals surface area (Å²) < 4.78 is 42.8. The molecule has 1 aromatic heterocycles. The van der Waals surface area contributed by atoms with Crippen LogP contribution < -0.4 is 4.74 Å². The zero-order chi connectivity index (χ0) is 16.5. The van der Waals surface area contributed by atoms with Gasteiger partial charge in [-0.1, -0.05) is 0 Å². The van der Waals surface area contributed by atoms with Crippen molar-refractivity contribution < 1.29 is 32.6 Å². The number of pyridine rings is 1. The van der Waals surface area contributed by atoms with Gasteiger partial charge in [0.15, 0.2) is 5.78 Å². The molecule has 0 atom stereocenters. The Hall–Kier alpha value is -2.38. The lowest BCUT2D eigenvalue weighted by atomic mass is 9.92. The largest absolute Gasteiger partial charge is 0.511 e. The number of halogens is 3. The first kappa shape index (κ1) is 16.0. The molecule has 0 aromatic carbocycles. The van der Waals surface area contributed by atoms with E-state index in [1.165, 1.54) is 0 Å². The van der Waals surface area contributed by atoms with Crippen LogP contribution in [0.1, 0.15) is 35.3 Å². The normalized spacial score (nSPS) is 15.9. The van der Waals surface area contributed by atoms with Gasteiger partial charge in [0.1, 0.15) is 22.6 Å². The maximum absolute atomic E-state index is 12.7. The number of aliphatic hydroxyl groups excluding tert-OH is 1. The molecule has 0 spiro atoms. The van der Waals surface area contributed by atoms with Gasteiger partial charge in [-0.25, -0.2) is 4.98 Å². The number of carbonyl (C=O) groups is 2. The second-order valence-electron chi connectivity index (χ2n) is 4.68.